The van der Waals surface area contributed by atoms with E-state index in [-0.39, 0.29) is 40.1 Å². The van der Waals surface area contributed by atoms with Crippen LogP contribution >= 0.6 is 0 Å². The van der Waals surface area contributed by atoms with Crippen LogP contribution in [-0.2, 0) is 42.8 Å². The third-order valence-corrected chi connectivity index (χ3v) is 0. The van der Waals surface area contributed by atoms with E-state index in [1.54, 1.807) is 0 Å². The zero-order valence-corrected chi connectivity index (χ0v) is 7.57. The summed E-state index contributed by atoms with van der Waals surface area (Å²) in [5, 5.41) is 0. The fraction of sp³-hybridized carbons (Fsp3) is 0. The van der Waals surface area contributed by atoms with Gasteiger partial charge in [-0.1, -0.05) is 0 Å². The Labute approximate surface area is 69.1 Å². The van der Waals surface area contributed by atoms with Crippen molar-refractivity contribution in [2.24, 2.45) is 0 Å². The maximum absolute atomic E-state index is 8.97. The molecule has 0 fully saturated rings. The Balaban J connectivity index is -0.0000000800. The molecule has 0 saturated carbocycles. The molecule has 0 N–H and O–H groups in total. The van der Waals surface area contributed by atoms with Gasteiger partial charge in [0.25, 0.3) is 0 Å². The van der Waals surface area contributed by atoms with Crippen molar-refractivity contribution in [3.05, 3.63) is 13.7 Å². The molecule has 0 aliphatic carbocycles. The maximum atomic E-state index is 8.97. The molecule has 0 bridgehead atoms. The smallest absolute Gasteiger partial charge is 0.774 e. The Morgan fingerprint density at radius 3 is 1.43 bits per heavy atom. The number of hydrogen-bond acceptors (Lipinski definition) is 3. The molecule has 0 spiro atoms. The topological polar surface area (TPSA) is 57.2 Å². The van der Waals surface area contributed by atoms with Gasteiger partial charge in [-0.25, -0.2) is 6.26 Å². The van der Waals surface area contributed by atoms with E-state index < -0.39 is 10.1 Å². The van der Waals surface area contributed by atoms with E-state index in [0.29, 0.717) is 0 Å². The Morgan fingerprint density at radius 1 is 1.43 bits per heavy atom. The van der Waals surface area contributed by atoms with Crippen LogP contribution in [0.5, 0.6) is 0 Å². The summed E-state index contributed by atoms with van der Waals surface area (Å²) in [4.78, 5) is 0. The quantitative estimate of drug-likeness (QED) is 0.399. The van der Waals surface area contributed by atoms with Gasteiger partial charge in [-0.05, 0) is 10.1 Å². The van der Waals surface area contributed by atoms with Crippen LogP contribution in [-0.4, -0.2) is 13.0 Å². The van der Waals surface area contributed by atoms with Gasteiger partial charge in [-0.2, -0.15) is 0 Å². The predicted octanol–water partition coefficient (Wildman–Crippen LogP) is -0.229. The van der Waals surface area contributed by atoms with Crippen LogP contribution in [0.1, 0.15) is 0 Å². The van der Waals surface area contributed by atoms with Gasteiger partial charge < -0.3 is 12.0 Å². The van der Waals surface area contributed by atoms with Gasteiger partial charge in [-0.15, -0.1) is 0 Å². The van der Waals surface area contributed by atoms with Crippen LogP contribution in [0.4, 0.5) is 0 Å². The third kappa shape index (κ3) is 172. The average Bonchev–Trinajstić information content (AvgIpc) is 0.722. The molecule has 0 aliphatic heterocycles. The minimum Gasteiger partial charge on any atom is -0.774 e. The molecular weight excluding hydrogens is 193 g/mol. The second-order valence-electron chi connectivity index (χ2n) is 0.558. The van der Waals surface area contributed by atoms with Crippen molar-refractivity contribution in [1.29, 1.82) is 0 Å². The normalized spacial score (nSPS) is 8.29. The summed E-state index contributed by atoms with van der Waals surface area (Å²) in [6, 6.07) is 0. The Bertz CT molecular complexity index is 96.1. The van der Waals surface area contributed by atoms with Crippen LogP contribution in [0.2, 0.25) is 0 Å². The van der Waals surface area contributed by atoms with Gasteiger partial charge >= 0.3 is 32.7 Å². The number of rotatable bonds is 0. The van der Waals surface area contributed by atoms with E-state index in [1.165, 1.54) is 0 Å². The molecule has 0 aromatic carbocycles. The Hall–Kier alpha value is 1.01. The molecule has 0 aromatic rings. The van der Waals surface area contributed by atoms with E-state index in [4.69, 9.17) is 13.0 Å². The van der Waals surface area contributed by atoms with Crippen molar-refractivity contribution in [3.8, 4) is 0 Å². The van der Waals surface area contributed by atoms with Gasteiger partial charge in [0.15, 0.2) is 0 Å². The summed E-state index contributed by atoms with van der Waals surface area (Å²) >= 11 is 0. The van der Waals surface area contributed by atoms with Gasteiger partial charge in [0.2, 0.25) is 0 Å². The minimum atomic E-state index is -4.17. The van der Waals surface area contributed by atoms with Gasteiger partial charge in [0, 0.05) is 0 Å². The Kier molecular flexibility index (Phi) is 11.6. The molecule has 0 saturated heterocycles. The van der Waals surface area contributed by atoms with Crippen LogP contribution in [0.15, 0.2) is 0 Å². The molecule has 5 heteroatoms. The third-order valence-electron chi connectivity index (χ3n) is 0. The molecular formula is C2H5O3SY. The molecule has 0 amide bonds. The van der Waals surface area contributed by atoms with E-state index in [0.717, 1.165) is 0 Å². The van der Waals surface area contributed by atoms with Crippen molar-refractivity contribution >= 4 is 10.1 Å². The summed E-state index contributed by atoms with van der Waals surface area (Å²) in [5.41, 5.74) is 0. The van der Waals surface area contributed by atoms with Crippen LogP contribution in [0.25, 0.3) is 0 Å². The molecule has 40 valence electrons. The van der Waals surface area contributed by atoms with Crippen LogP contribution in [0.3, 0.4) is 0 Å². The molecule has 0 unspecified atom stereocenters. The van der Waals surface area contributed by atoms with Crippen molar-refractivity contribution in [1.82, 2.24) is 0 Å². The van der Waals surface area contributed by atoms with E-state index in [2.05, 4.69) is 6.26 Å². The first-order chi connectivity index (χ1) is 2.00. The van der Waals surface area contributed by atoms with E-state index in [9.17, 15) is 0 Å². The number of hydrogen-bond donors (Lipinski definition) is 0. The van der Waals surface area contributed by atoms with Crippen molar-refractivity contribution in [2.45, 2.75) is 0 Å². The van der Waals surface area contributed by atoms with Crippen molar-refractivity contribution < 1.29 is 45.7 Å². The fourth-order valence-electron chi connectivity index (χ4n) is 0. The van der Waals surface area contributed by atoms with Gasteiger partial charge in [0.05, 0.1) is 0 Å². The first-order valence-corrected chi connectivity index (χ1v) is 2.37. The molecule has 0 radical (unpaired) electrons. The Morgan fingerprint density at radius 2 is 1.43 bits per heavy atom. The van der Waals surface area contributed by atoms with E-state index in [1.807, 2.05) is 0 Å². The van der Waals surface area contributed by atoms with Crippen LogP contribution in [0, 0.1) is 13.7 Å². The SMILES string of the molecule is [CH2-]S(=O)(=O)[O-].[CH3-].[Y+3]. The molecule has 7 heavy (non-hydrogen) atoms. The monoisotopic (exact) mass is 198 g/mol. The second-order valence-corrected chi connectivity index (χ2v) is 1.67. The summed E-state index contributed by atoms with van der Waals surface area (Å²) in [6.45, 7) is 0. The fourth-order valence-corrected chi connectivity index (χ4v) is 0. The average molecular weight is 198 g/mol. The molecule has 0 aromatic heterocycles. The molecule has 0 aliphatic rings. The molecule has 3 nitrogen and oxygen atoms in total. The standard InChI is InChI=1S/CH3O3S.CH3.Y/c1-5(2,3)4;;/h1H2,(H,2,3,4);1H3;/q2*-1;+3/p-1. The molecule has 0 atom stereocenters. The zero-order valence-electron chi connectivity index (χ0n) is 3.92. The second kappa shape index (κ2) is 5.16. The zero-order chi connectivity index (χ0) is 4.50. The van der Waals surface area contributed by atoms with Crippen molar-refractivity contribution in [2.75, 3.05) is 0 Å². The minimum absolute atomic E-state index is 0. The van der Waals surface area contributed by atoms with E-state index >= 15 is 0 Å². The summed E-state index contributed by atoms with van der Waals surface area (Å²) < 4.78 is 26.9. The predicted molar refractivity (Wildman–Crippen MR) is 21.5 cm³/mol. The summed E-state index contributed by atoms with van der Waals surface area (Å²) in [7, 11) is -4.17. The first-order valence-electron chi connectivity index (χ1n) is 0.789. The summed E-state index contributed by atoms with van der Waals surface area (Å²) in [6.07, 6.45) is 2.19. The van der Waals surface area contributed by atoms with Gasteiger partial charge in [-0.3, -0.25) is 8.42 Å². The first kappa shape index (κ1) is 15.7. The van der Waals surface area contributed by atoms with Crippen LogP contribution < -0.4 is 0 Å². The maximum Gasteiger partial charge on any atom is 3.00 e. The molecule has 0 heterocycles. The largest absolute Gasteiger partial charge is 3.00 e. The van der Waals surface area contributed by atoms with Crippen molar-refractivity contribution in [3.63, 3.8) is 0 Å². The summed E-state index contributed by atoms with van der Waals surface area (Å²) in [5.74, 6) is 0. The molecule has 0 rings (SSSR count). The van der Waals surface area contributed by atoms with Gasteiger partial charge in [0.1, 0.15) is 0 Å².